The van der Waals surface area contributed by atoms with E-state index in [0.29, 0.717) is 0 Å². The molecule has 73 heavy (non-hydrogen) atoms. The van der Waals surface area contributed by atoms with Gasteiger partial charge in [0.2, 0.25) is 0 Å². The number of imide groups is 1. The van der Waals surface area contributed by atoms with Gasteiger partial charge in [0.05, 0.1) is 55.3 Å². The highest BCUT2D eigenvalue weighted by Gasteiger charge is 2.58. The number of amides is 2. The zero-order chi connectivity index (χ0) is 50.8. The van der Waals surface area contributed by atoms with Gasteiger partial charge in [-0.25, -0.2) is 9.59 Å². The SMILES string of the molecule is CO[C@H]1O[C@H](CO[C@@H]2O[C@H](CO)[C@@H](OC(=O)c3ccc(C)cc3)[C@H](OC(=O)c3ccc(C)cc3)[C@H]2N2C(=O)c3ccccc3C2=O)[C@@H](OCc2ccccc2)[C@H](OCc2ccccc2)[C@H]1OCc1ccccc1. The molecule has 1 N–H and O–H groups in total. The van der Waals surface area contributed by atoms with Gasteiger partial charge in [-0.3, -0.25) is 14.5 Å². The largest absolute Gasteiger partial charge is 0.452 e. The van der Waals surface area contributed by atoms with Crippen LogP contribution in [0.25, 0.3) is 0 Å². The molecule has 15 heteroatoms. The van der Waals surface area contributed by atoms with Crippen molar-refractivity contribution >= 4 is 23.8 Å². The molecule has 0 aliphatic carbocycles. The fraction of sp³-hybridized carbons (Fsp3) is 0.310. The minimum absolute atomic E-state index is 0.0835. The van der Waals surface area contributed by atoms with Gasteiger partial charge in [0.25, 0.3) is 11.8 Å². The number of carbonyl (C=O) groups excluding carboxylic acids is 4. The quantitative estimate of drug-likeness (QED) is 0.0621. The van der Waals surface area contributed by atoms with Crippen LogP contribution in [0.2, 0.25) is 0 Å². The molecule has 3 aliphatic rings. The van der Waals surface area contributed by atoms with E-state index in [0.717, 1.165) is 32.7 Å². The number of rotatable bonds is 19. The van der Waals surface area contributed by atoms with E-state index in [1.807, 2.05) is 105 Å². The van der Waals surface area contributed by atoms with E-state index in [1.165, 1.54) is 19.2 Å². The van der Waals surface area contributed by atoms with E-state index in [1.54, 1.807) is 60.7 Å². The molecule has 0 unspecified atom stereocenters. The van der Waals surface area contributed by atoms with E-state index >= 15 is 0 Å². The van der Waals surface area contributed by atoms with Gasteiger partial charge in [0.15, 0.2) is 24.8 Å². The summed E-state index contributed by atoms with van der Waals surface area (Å²) in [4.78, 5) is 58.5. The molecule has 9 rings (SSSR count). The van der Waals surface area contributed by atoms with Crippen LogP contribution < -0.4 is 0 Å². The van der Waals surface area contributed by atoms with Crippen molar-refractivity contribution in [3.63, 3.8) is 0 Å². The van der Waals surface area contributed by atoms with Gasteiger partial charge >= 0.3 is 11.9 Å². The summed E-state index contributed by atoms with van der Waals surface area (Å²) >= 11 is 0. The van der Waals surface area contributed by atoms with Crippen LogP contribution in [0, 0.1) is 13.8 Å². The average Bonchev–Trinajstić information content (AvgIpc) is 3.67. The lowest BCUT2D eigenvalue weighted by molar-refractivity contribution is -0.336. The molecule has 3 heterocycles. The number of fused-ring (bicyclic) bond motifs is 1. The molecule has 15 nitrogen and oxygen atoms in total. The van der Waals surface area contributed by atoms with Crippen LogP contribution in [0.5, 0.6) is 0 Å². The summed E-state index contributed by atoms with van der Waals surface area (Å²) in [5, 5.41) is 11.1. The Morgan fingerprint density at radius 3 is 1.38 bits per heavy atom. The number of benzene rings is 6. The van der Waals surface area contributed by atoms with Gasteiger partial charge in [0.1, 0.15) is 36.6 Å². The first-order valence-corrected chi connectivity index (χ1v) is 24.1. The van der Waals surface area contributed by atoms with Crippen LogP contribution in [0.3, 0.4) is 0 Å². The van der Waals surface area contributed by atoms with E-state index in [2.05, 4.69) is 0 Å². The zero-order valence-electron chi connectivity index (χ0n) is 40.6. The highest BCUT2D eigenvalue weighted by molar-refractivity contribution is 6.21. The van der Waals surface area contributed by atoms with Gasteiger partial charge < -0.3 is 47.7 Å². The number of aliphatic hydroxyl groups excluding tert-OH is 1. The van der Waals surface area contributed by atoms with E-state index < -0.39 is 91.7 Å². The van der Waals surface area contributed by atoms with Gasteiger partial charge in [-0.15, -0.1) is 0 Å². The molecule has 2 saturated heterocycles. The Kier molecular flexibility index (Phi) is 16.6. The highest BCUT2D eigenvalue weighted by Crippen LogP contribution is 2.38. The Bertz CT molecular complexity index is 2760. The van der Waals surface area contributed by atoms with Crippen LogP contribution in [0.15, 0.2) is 164 Å². The molecule has 0 aromatic heterocycles. The number of esters is 2. The fourth-order valence-corrected chi connectivity index (χ4v) is 9.22. The summed E-state index contributed by atoms with van der Waals surface area (Å²) in [5.74, 6) is -3.19. The monoisotopic (exact) mass is 991 g/mol. The van der Waals surface area contributed by atoms with Gasteiger partial charge in [0, 0.05) is 7.11 Å². The fourth-order valence-electron chi connectivity index (χ4n) is 9.22. The molecule has 3 aliphatic heterocycles. The summed E-state index contributed by atoms with van der Waals surface area (Å²) in [6.45, 7) is 3.04. The normalized spacial score (nSPS) is 24.7. The van der Waals surface area contributed by atoms with Gasteiger partial charge in [-0.1, -0.05) is 139 Å². The van der Waals surface area contributed by atoms with Crippen molar-refractivity contribution in [2.75, 3.05) is 20.3 Å². The van der Waals surface area contributed by atoms with Crippen molar-refractivity contribution in [3.05, 3.63) is 214 Å². The van der Waals surface area contributed by atoms with Crippen molar-refractivity contribution in [1.82, 2.24) is 4.90 Å². The third-order valence-electron chi connectivity index (χ3n) is 13.1. The lowest BCUT2D eigenvalue weighted by Gasteiger charge is -2.48. The summed E-state index contributed by atoms with van der Waals surface area (Å²) in [7, 11) is 1.49. The third-order valence-corrected chi connectivity index (χ3v) is 13.1. The molecule has 0 radical (unpaired) electrons. The Morgan fingerprint density at radius 1 is 0.493 bits per heavy atom. The summed E-state index contributed by atoms with van der Waals surface area (Å²) in [5.41, 5.74) is 4.86. The van der Waals surface area contributed by atoms with Gasteiger partial charge in [-0.05, 0) is 66.9 Å². The predicted octanol–water partition coefficient (Wildman–Crippen LogP) is 7.58. The number of carbonyl (C=O) groups is 4. The average molecular weight is 992 g/mol. The molecular weight excluding hydrogens is 935 g/mol. The molecule has 0 bridgehead atoms. The van der Waals surface area contributed by atoms with E-state index in [-0.39, 0.29) is 48.7 Å². The second-order valence-corrected chi connectivity index (χ2v) is 18.1. The molecule has 2 amide bonds. The number of hydrogen-bond acceptors (Lipinski definition) is 14. The Morgan fingerprint density at radius 2 is 0.918 bits per heavy atom. The van der Waals surface area contributed by atoms with Crippen LogP contribution >= 0.6 is 0 Å². The maximum atomic E-state index is 14.6. The van der Waals surface area contributed by atoms with Crippen molar-refractivity contribution in [3.8, 4) is 0 Å². The molecule has 0 saturated carbocycles. The minimum atomic E-state index is -1.68. The van der Waals surface area contributed by atoms with Crippen molar-refractivity contribution in [2.24, 2.45) is 0 Å². The molecule has 6 aromatic rings. The van der Waals surface area contributed by atoms with Crippen LogP contribution in [-0.2, 0) is 62.5 Å². The van der Waals surface area contributed by atoms with E-state index in [4.69, 9.17) is 42.6 Å². The molecular formula is C58H57NO14. The first-order valence-electron chi connectivity index (χ1n) is 24.1. The summed E-state index contributed by atoms with van der Waals surface area (Å²) in [6.07, 6.45) is -11.1. The molecule has 6 aromatic carbocycles. The number of hydrogen-bond donors (Lipinski definition) is 1. The smallest absolute Gasteiger partial charge is 0.338 e. The van der Waals surface area contributed by atoms with Crippen LogP contribution in [0.1, 0.15) is 69.2 Å². The van der Waals surface area contributed by atoms with Crippen LogP contribution in [-0.4, -0.2) is 115 Å². The molecule has 0 spiro atoms. The molecule has 10 atom stereocenters. The molecule has 2 fully saturated rings. The third kappa shape index (κ3) is 11.8. The van der Waals surface area contributed by atoms with Crippen LogP contribution in [0.4, 0.5) is 0 Å². The number of nitrogens with zero attached hydrogens (tertiary/aromatic N) is 1. The first-order chi connectivity index (χ1) is 35.6. The van der Waals surface area contributed by atoms with Crippen molar-refractivity contribution in [1.29, 1.82) is 0 Å². The predicted molar refractivity (Wildman–Crippen MR) is 264 cm³/mol. The standard InChI is InChI=1S/C58H57NO14/c1-36-23-27-41(28-24-36)55(63)72-49-45(31-60)70-57(47(50(49)73-56(64)42-29-25-37(2)26-30-42)59-53(61)43-21-13-14-22-44(43)54(59)62)69-35-46-48(66-32-38-15-7-4-8-16-38)51(67-33-39-17-9-5-10-18-39)52(58(65-3)71-46)68-34-40-19-11-6-12-20-40/h4-30,45-52,57-58,60H,31-35H2,1-3H3/t45-,46-,47-,48-,49-,50-,51+,52-,57-,58+/m1/s1. The topological polar surface area (TPSA) is 175 Å². The Hall–Kier alpha value is -6.92. The Labute approximate surface area is 423 Å². The number of aryl methyl sites for hydroxylation is 2. The minimum Gasteiger partial charge on any atom is -0.452 e. The number of aliphatic hydroxyl groups is 1. The summed E-state index contributed by atoms with van der Waals surface area (Å²) < 4.78 is 58.7. The lowest BCUT2D eigenvalue weighted by Crippen LogP contribution is -2.68. The summed E-state index contributed by atoms with van der Waals surface area (Å²) in [6, 6.07) is 46.6. The zero-order valence-corrected chi connectivity index (χ0v) is 40.6. The van der Waals surface area contributed by atoms with Crippen molar-refractivity contribution < 1.29 is 66.9 Å². The lowest BCUT2D eigenvalue weighted by atomic mass is 9.94. The maximum Gasteiger partial charge on any atom is 0.338 e. The second kappa shape index (κ2) is 23.7. The van der Waals surface area contributed by atoms with Gasteiger partial charge in [-0.2, -0.15) is 0 Å². The highest BCUT2D eigenvalue weighted by atomic mass is 16.7. The first kappa shape index (κ1) is 51.0. The Balaban J connectivity index is 1.10. The number of ether oxygens (including phenoxy) is 9. The van der Waals surface area contributed by atoms with E-state index in [9.17, 15) is 24.3 Å². The van der Waals surface area contributed by atoms with Crippen molar-refractivity contribution in [2.45, 2.75) is 95.0 Å². The molecule has 378 valence electrons. The number of methoxy groups -OCH3 is 1. The maximum absolute atomic E-state index is 14.6. The second-order valence-electron chi connectivity index (χ2n) is 18.1.